The molecule has 1 heterocycles. The Bertz CT molecular complexity index is 614. The molecular formula is C16H20N2O3. The van der Waals surface area contributed by atoms with Crippen LogP contribution in [0.25, 0.3) is 0 Å². The molecule has 0 unspecified atom stereocenters. The SMILES string of the molecule is COc1cccc(CNc2cc(OC)c(OC)cc2C)n1. The summed E-state index contributed by atoms with van der Waals surface area (Å²) in [7, 11) is 4.86. The number of benzene rings is 1. The third kappa shape index (κ3) is 3.56. The van der Waals surface area contributed by atoms with Gasteiger partial charge < -0.3 is 19.5 Å². The lowest BCUT2D eigenvalue weighted by atomic mass is 10.1. The van der Waals surface area contributed by atoms with Gasteiger partial charge in [0.05, 0.1) is 33.6 Å². The predicted octanol–water partition coefficient (Wildman–Crippen LogP) is 3.03. The molecule has 0 atom stereocenters. The zero-order valence-electron chi connectivity index (χ0n) is 12.8. The topological polar surface area (TPSA) is 52.6 Å². The van der Waals surface area contributed by atoms with Crippen molar-refractivity contribution in [3.63, 3.8) is 0 Å². The first-order valence-electron chi connectivity index (χ1n) is 6.64. The number of aromatic nitrogens is 1. The summed E-state index contributed by atoms with van der Waals surface area (Å²) >= 11 is 0. The molecule has 0 aliphatic carbocycles. The van der Waals surface area contributed by atoms with Crippen LogP contribution in [0.2, 0.25) is 0 Å². The van der Waals surface area contributed by atoms with E-state index in [1.54, 1.807) is 21.3 Å². The van der Waals surface area contributed by atoms with Crippen molar-refractivity contribution in [1.29, 1.82) is 0 Å². The maximum absolute atomic E-state index is 5.32. The molecule has 0 saturated carbocycles. The Labute approximate surface area is 124 Å². The summed E-state index contributed by atoms with van der Waals surface area (Å²) in [5.74, 6) is 2.03. The van der Waals surface area contributed by atoms with E-state index in [2.05, 4.69) is 10.3 Å². The zero-order valence-corrected chi connectivity index (χ0v) is 12.8. The second-order valence-electron chi connectivity index (χ2n) is 4.55. The first kappa shape index (κ1) is 15.0. The molecule has 0 amide bonds. The van der Waals surface area contributed by atoms with E-state index < -0.39 is 0 Å². The van der Waals surface area contributed by atoms with Crippen molar-refractivity contribution in [1.82, 2.24) is 4.98 Å². The smallest absolute Gasteiger partial charge is 0.213 e. The summed E-state index contributed by atoms with van der Waals surface area (Å²) < 4.78 is 15.7. The van der Waals surface area contributed by atoms with Crippen molar-refractivity contribution < 1.29 is 14.2 Å². The van der Waals surface area contributed by atoms with Crippen molar-refractivity contribution in [3.05, 3.63) is 41.6 Å². The van der Waals surface area contributed by atoms with Crippen LogP contribution in [0.15, 0.2) is 30.3 Å². The fraction of sp³-hybridized carbons (Fsp3) is 0.312. The lowest BCUT2D eigenvalue weighted by Crippen LogP contribution is -2.04. The van der Waals surface area contributed by atoms with Crippen LogP contribution in [0.4, 0.5) is 5.69 Å². The third-order valence-electron chi connectivity index (χ3n) is 3.18. The summed E-state index contributed by atoms with van der Waals surface area (Å²) in [5.41, 5.74) is 2.97. The third-order valence-corrected chi connectivity index (χ3v) is 3.18. The highest BCUT2D eigenvalue weighted by molar-refractivity contribution is 5.60. The van der Waals surface area contributed by atoms with E-state index in [0.717, 1.165) is 22.7 Å². The van der Waals surface area contributed by atoms with Gasteiger partial charge >= 0.3 is 0 Å². The van der Waals surface area contributed by atoms with E-state index >= 15 is 0 Å². The Morgan fingerprint density at radius 2 is 1.71 bits per heavy atom. The summed E-state index contributed by atoms with van der Waals surface area (Å²) in [4.78, 5) is 4.37. The minimum absolute atomic E-state index is 0.605. The average Bonchev–Trinajstić information content (AvgIpc) is 2.53. The first-order valence-corrected chi connectivity index (χ1v) is 6.64. The Balaban J connectivity index is 2.15. The van der Waals surface area contributed by atoms with Gasteiger partial charge in [-0.15, -0.1) is 0 Å². The van der Waals surface area contributed by atoms with E-state index in [4.69, 9.17) is 14.2 Å². The van der Waals surface area contributed by atoms with Gasteiger partial charge in [-0.1, -0.05) is 6.07 Å². The van der Waals surface area contributed by atoms with Crippen LogP contribution in [0, 0.1) is 6.92 Å². The molecule has 0 saturated heterocycles. The van der Waals surface area contributed by atoms with E-state index in [1.165, 1.54) is 0 Å². The van der Waals surface area contributed by atoms with E-state index in [9.17, 15) is 0 Å². The summed E-state index contributed by atoms with van der Waals surface area (Å²) in [6, 6.07) is 9.57. The monoisotopic (exact) mass is 288 g/mol. The average molecular weight is 288 g/mol. The van der Waals surface area contributed by atoms with Crippen LogP contribution in [0.5, 0.6) is 17.4 Å². The number of hydrogen-bond donors (Lipinski definition) is 1. The highest BCUT2D eigenvalue weighted by Gasteiger charge is 2.08. The fourth-order valence-electron chi connectivity index (χ4n) is 2.03. The molecule has 0 aliphatic rings. The molecule has 21 heavy (non-hydrogen) atoms. The van der Waals surface area contributed by atoms with E-state index in [0.29, 0.717) is 18.2 Å². The van der Waals surface area contributed by atoms with Crippen LogP contribution in [-0.4, -0.2) is 26.3 Å². The number of aryl methyl sites for hydroxylation is 1. The molecule has 0 spiro atoms. The lowest BCUT2D eigenvalue weighted by molar-refractivity contribution is 0.355. The molecule has 1 N–H and O–H groups in total. The molecule has 0 bridgehead atoms. The highest BCUT2D eigenvalue weighted by atomic mass is 16.5. The number of methoxy groups -OCH3 is 3. The molecule has 0 fully saturated rings. The molecule has 112 valence electrons. The van der Waals surface area contributed by atoms with Crippen molar-refractivity contribution in [2.24, 2.45) is 0 Å². The molecule has 5 heteroatoms. The van der Waals surface area contributed by atoms with Gasteiger partial charge in [-0.25, -0.2) is 4.98 Å². The maximum Gasteiger partial charge on any atom is 0.213 e. The quantitative estimate of drug-likeness (QED) is 0.885. The Kier molecular flexibility index (Phi) is 4.87. The molecule has 0 radical (unpaired) electrons. The Morgan fingerprint density at radius 3 is 2.38 bits per heavy atom. The highest BCUT2D eigenvalue weighted by Crippen LogP contribution is 2.33. The zero-order chi connectivity index (χ0) is 15.2. The molecular weight excluding hydrogens is 268 g/mol. The summed E-state index contributed by atoms with van der Waals surface area (Å²) in [6.07, 6.45) is 0. The minimum Gasteiger partial charge on any atom is -0.493 e. The summed E-state index contributed by atoms with van der Waals surface area (Å²) in [6.45, 7) is 2.62. The van der Waals surface area contributed by atoms with Gasteiger partial charge in [0.25, 0.3) is 0 Å². The number of rotatable bonds is 6. The lowest BCUT2D eigenvalue weighted by Gasteiger charge is -2.14. The van der Waals surface area contributed by atoms with Gasteiger partial charge in [0, 0.05) is 17.8 Å². The van der Waals surface area contributed by atoms with Gasteiger partial charge in [-0.2, -0.15) is 0 Å². The van der Waals surface area contributed by atoms with Crippen LogP contribution < -0.4 is 19.5 Å². The van der Waals surface area contributed by atoms with Crippen LogP contribution in [0.1, 0.15) is 11.3 Å². The van der Waals surface area contributed by atoms with Crippen molar-refractivity contribution in [3.8, 4) is 17.4 Å². The Hall–Kier alpha value is -2.43. The number of nitrogens with zero attached hydrogens (tertiary/aromatic N) is 1. The number of nitrogens with one attached hydrogen (secondary N) is 1. The van der Waals surface area contributed by atoms with Crippen molar-refractivity contribution in [2.75, 3.05) is 26.6 Å². The normalized spacial score (nSPS) is 10.1. The van der Waals surface area contributed by atoms with Crippen LogP contribution >= 0.6 is 0 Å². The standard InChI is InChI=1S/C16H20N2O3/c1-11-8-14(19-2)15(20-3)9-13(11)17-10-12-6-5-7-16(18-12)21-4/h5-9,17H,10H2,1-4H3. The summed E-state index contributed by atoms with van der Waals surface area (Å²) in [5, 5.41) is 3.35. The number of ether oxygens (including phenoxy) is 3. The Morgan fingerprint density at radius 1 is 1.00 bits per heavy atom. The van der Waals surface area contributed by atoms with Crippen molar-refractivity contribution in [2.45, 2.75) is 13.5 Å². The predicted molar refractivity (Wildman–Crippen MR) is 82.4 cm³/mol. The van der Waals surface area contributed by atoms with E-state index in [-0.39, 0.29) is 0 Å². The van der Waals surface area contributed by atoms with Gasteiger partial charge in [-0.05, 0) is 24.6 Å². The number of anilines is 1. The van der Waals surface area contributed by atoms with Crippen LogP contribution in [0.3, 0.4) is 0 Å². The van der Waals surface area contributed by atoms with Crippen LogP contribution in [-0.2, 0) is 6.54 Å². The molecule has 2 aromatic rings. The molecule has 0 aliphatic heterocycles. The fourth-order valence-corrected chi connectivity index (χ4v) is 2.03. The largest absolute Gasteiger partial charge is 0.493 e. The second-order valence-corrected chi connectivity index (χ2v) is 4.55. The van der Waals surface area contributed by atoms with Gasteiger partial charge in [0.2, 0.25) is 5.88 Å². The maximum atomic E-state index is 5.32. The molecule has 5 nitrogen and oxygen atoms in total. The number of hydrogen-bond acceptors (Lipinski definition) is 5. The molecule has 1 aromatic heterocycles. The van der Waals surface area contributed by atoms with Gasteiger partial charge in [-0.3, -0.25) is 0 Å². The molecule has 2 rings (SSSR count). The van der Waals surface area contributed by atoms with Crippen molar-refractivity contribution >= 4 is 5.69 Å². The molecule has 1 aromatic carbocycles. The minimum atomic E-state index is 0.605. The second kappa shape index (κ2) is 6.83. The number of pyridine rings is 1. The van der Waals surface area contributed by atoms with E-state index in [1.807, 2.05) is 37.3 Å². The first-order chi connectivity index (χ1) is 10.2. The van der Waals surface area contributed by atoms with Gasteiger partial charge in [0.1, 0.15) is 0 Å². The van der Waals surface area contributed by atoms with Gasteiger partial charge in [0.15, 0.2) is 11.5 Å².